The molecule has 2 atom stereocenters. The fraction of sp³-hybridized carbons (Fsp3) is 0.211. The number of halogens is 1. The van der Waals surface area contributed by atoms with Crippen molar-refractivity contribution in [3.63, 3.8) is 0 Å². The third-order valence-electron chi connectivity index (χ3n) is 4.58. The molecule has 2 aliphatic heterocycles. The van der Waals surface area contributed by atoms with Gasteiger partial charge in [-0.05, 0) is 59.2 Å². The number of amides is 1. The Morgan fingerprint density at radius 2 is 2.07 bits per heavy atom. The summed E-state index contributed by atoms with van der Waals surface area (Å²) in [6, 6.07) is 11.6. The van der Waals surface area contributed by atoms with Gasteiger partial charge < -0.3 is 14.7 Å². The van der Waals surface area contributed by atoms with Crippen molar-refractivity contribution in [1.82, 2.24) is 16.0 Å². The molecule has 1 amide bonds. The number of hydrogen-bond donors (Lipinski definition) is 2. The van der Waals surface area contributed by atoms with E-state index in [0.29, 0.717) is 34.8 Å². The molecule has 2 heterocycles. The highest BCUT2D eigenvalue weighted by molar-refractivity contribution is 7.90. The number of nitrogens with zero attached hydrogens (tertiary/aromatic N) is 2. The maximum absolute atomic E-state index is 14.7. The summed E-state index contributed by atoms with van der Waals surface area (Å²) in [6.07, 6.45) is 4.29. The SMILES string of the molecule is C[S+]([O-])c1ccc(-c2ccc(N3C[C@H](CN4C=CNN4)OC3=O)cc2F)cc1. The van der Waals surface area contributed by atoms with Gasteiger partial charge in [0.05, 0.1) is 18.8 Å². The van der Waals surface area contributed by atoms with Gasteiger partial charge in [-0.1, -0.05) is 0 Å². The predicted molar refractivity (Wildman–Crippen MR) is 104 cm³/mol. The van der Waals surface area contributed by atoms with Crippen molar-refractivity contribution in [2.75, 3.05) is 24.2 Å². The molecule has 0 spiro atoms. The average molecular weight is 402 g/mol. The lowest BCUT2D eigenvalue weighted by Gasteiger charge is -2.18. The lowest BCUT2D eigenvalue weighted by Crippen LogP contribution is -2.41. The van der Waals surface area contributed by atoms with Crippen LogP contribution >= 0.6 is 0 Å². The predicted octanol–water partition coefficient (Wildman–Crippen LogP) is 2.35. The molecule has 0 aromatic heterocycles. The molecule has 0 saturated carbocycles. The standard InChI is InChI=1S/C19H19FN4O3S/c1-28(26)16-5-2-13(3-6-16)17-7-4-14(10-18(17)20)24-12-15(27-19(24)25)11-23-9-8-21-22-23/h2-10,15,21-22H,11-12H2,1H3/t15-,28?/m0/s1. The minimum Gasteiger partial charge on any atom is -0.612 e. The minimum atomic E-state index is -1.08. The van der Waals surface area contributed by atoms with Crippen LogP contribution in [-0.4, -0.2) is 41.1 Å². The molecule has 0 bridgehead atoms. The van der Waals surface area contributed by atoms with Gasteiger partial charge in [0.1, 0.15) is 18.2 Å². The first kappa shape index (κ1) is 18.6. The van der Waals surface area contributed by atoms with E-state index in [2.05, 4.69) is 11.0 Å². The van der Waals surface area contributed by atoms with Crippen LogP contribution in [0.25, 0.3) is 11.1 Å². The fourth-order valence-electron chi connectivity index (χ4n) is 3.17. The number of ether oxygens (including phenoxy) is 1. The number of rotatable bonds is 5. The van der Waals surface area contributed by atoms with Crippen molar-refractivity contribution < 1.29 is 18.5 Å². The minimum absolute atomic E-state index is 0.334. The number of cyclic esters (lactones) is 1. The number of hydrogen-bond acceptors (Lipinski definition) is 6. The summed E-state index contributed by atoms with van der Waals surface area (Å²) >= 11 is -1.08. The highest BCUT2D eigenvalue weighted by Gasteiger charge is 2.33. The molecule has 2 aliphatic rings. The van der Waals surface area contributed by atoms with Crippen molar-refractivity contribution >= 4 is 23.0 Å². The van der Waals surface area contributed by atoms with Crippen molar-refractivity contribution in [3.05, 3.63) is 60.7 Å². The van der Waals surface area contributed by atoms with Gasteiger partial charge in [-0.25, -0.2) is 9.18 Å². The van der Waals surface area contributed by atoms with Crippen LogP contribution in [0.3, 0.4) is 0 Å². The van der Waals surface area contributed by atoms with E-state index in [-0.39, 0.29) is 6.10 Å². The van der Waals surface area contributed by atoms with E-state index in [1.54, 1.807) is 60.1 Å². The Balaban J connectivity index is 1.49. The number of nitrogens with one attached hydrogen (secondary N) is 2. The normalized spacial score (nSPS) is 19.7. The molecule has 146 valence electrons. The van der Waals surface area contributed by atoms with Crippen LogP contribution < -0.4 is 15.9 Å². The van der Waals surface area contributed by atoms with E-state index >= 15 is 0 Å². The number of carbonyl (C=O) groups excluding carboxylic acids is 1. The maximum Gasteiger partial charge on any atom is 0.414 e. The molecule has 1 unspecified atom stereocenters. The molecule has 2 aromatic rings. The summed E-state index contributed by atoms with van der Waals surface area (Å²) in [4.78, 5) is 14.3. The van der Waals surface area contributed by atoms with Gasteiger partial charge in [0, 0.05) is 18.0 Å². The van der Waals surface area contributed by atoms with Crippen molar-refractivity contribution in [2.24, 2.45) is 0 Å². The van der Waals surface area contributed by atoms with Gasteiger partial charge in [0.15, 0.2) is 4.90 Å². The third-order valence-corrected chi connectivity index (χ3v) is 5.52. The van der Waals surface area contributed by atoms with Crippen molar-refractivity contribution in [1.29, 1.82) is 0 Å². The second-order valence-corrected chi connectivity index (χ2v) is 7.86. The molecular weight excluding hydrogens is 383 g/mol. The monoisotopic (exact) mass is 402 g/mol. The van der Waals surface area contributed by atoms with E-state index in [1.165, 1.54) is 11.0 Å². The zero-order valence-electron chi connectivity index (χ0n) is 15.1. The molecule has 2 N–H and O–H groups in total. The summed E-state index contributed by atoms with van der Waals surface area (Å²) in [5.41, 5.74) is 7.24. The van der Waals surface area contributed by atoms with Crippen LogP contribution in [0.1, 0.15) is 0 Å². The number of anilines is 1. The smallest absolute Gasteiger partial charge is 0.414 e. The second kappa shape index (κ2) is 7.70. The number of carbonyl (C=O) groups is 1. The first-order valence-electron chi connectivity index (χ1n) is 8.67. The van der Waals surface area contributed by atoms with Crippen molar-refractivity contribution in [2.45, 2.75) is 11.0 Å². The average Bonchev–Trinajstić information content (AvgIpc) is 3.31. The van der Waals surface area contributed by atoms with Gasteiger partial charge >= 0.3 is 6.09 Å². The molecule has 7 nitrogen and oxygen atoms in total. The van der Waals surface area contributed by atoms with Gasteiger partial charge in [-0.3, -0.25) is 9.91 Å². The summed E-state index contributed by atoms with van der Waals surface area (Å²) < 4.78 is 31.6. The van der Waals surface area contributed by atoms with Crippen LogP contribution in [0.4, 0.5) is 14.9 Å². The second-order valence-electron chi connectivity index (χ2n) is 6.48. The molecule has 1 saturated heterocycles. The zero-order chi connectivity index (χ0) is 19.7. The van der Waals surface area contributed by atoms with E-state index in [4.69, 9.17) is 4.74 Å². The molecule has 1 fully saturated rings. The molecule has 0 aliphatic carbocycles. The topological polar surface area (TPSA) is 79.9 Å². The Bertz CT molecular complexity index is 907. The molecular formula is C19H19FN4O3S. The zero-order valence-corrected chi connectivity index (χ0v) is 15.9. The first-order chi connectivity index (χ1) is 13.5. The van der Waals surface area contributed by atoms with Crippen LogP contribution in [0.5, 0.6) is 0 Å². The molecule has 4 rings (SSSR count). The van der Waals surface area contributed by atoms with E-state index in [0.717, 1.165) is 0 Å². The highest BCUT2D eigenvalue weighted by Crippen LogP contribution is 2.29. The maximum atomic E-state index is 14.7. The van der Waals surface area contributed by atoms with Crippen molar-refractivity contribution in [3.8, 4) is 11.1 Å². The highest BCUT2D eigenvalue weighted by atomic mass is 32.2. The quantitative estimate of drug-likeness (QED) is 0.748. The summed E-state index contributed by atoms with van der Waals surface area (Å²) in [5, 5.41) is 1.76. The molecule has 9 heteroatoms. The molecule has 2 aromatic carbocycles. The molecule has 28 heavy (non-hydrogen) atoms. The summed E-state index contributed by atoms with van der Waals surface area (Å²) in [7, 11) is 0. The van der Waals surface area contributed by atoms with Crippen LogP contribution in [0, 0.1) is 5.82 Å². The third kappa shape index (κ3) is 3.77. The number of hydrazine groups is 2. The largest absolute Gasteiger partial charge is 0.612 e. The summed E-state index contributed by atoms with van der Waals surface area (Å²) in [5.74, 6) is -0.438. The fourth-order valence-corrected chi connectivity index (χ4v) is 3.69. The summed E-state index contributed by atoms with van der Waals surface area (Å²) in [6.45, 7) is 0.804. The van der Waals surface area contributed by atoms with Gasteiger partial charge in [0.25, 0.3) is 0 Å². The number of benzene rings is 2. The van der Waals surface area contributed by atoms with Crippen LogP contribution in [-0.2, 0) is 15.9 Å². The lowest BCUT2D eigenvalue weighted by atomic mass is 10.0. The Hall–Kier alpha value is -2.75. The lowest BCUT2D eigenvalue weighted by molar-refractivity contribution is 0.109. The van der Waals surface area contributed by atoms with Gasteiger partial charge in [-0.2, -0.15) is 0 Å². The van der Waals surface area contributed by atoms with Crippen LogP contribution in [0.15, 0.2) is 59.8 Å². The molecule has 0 radical (unpaired) electrons. The Labute approximate surface area is 164 Å². The van der Waals surface area contributed by atoms with E-state index in [1.807, 2.05) is 0 Å². The van der Waals surface area contributed by atoms with Gasteiger partial charge in [0.2, 0.25) is 0 Å². The first-order valence-corrected chi connectivity index (χ1v) is 10.2. The van der Waals surface area contributed by atoms with E-state index in [9.17, 15) is 13.7 Å². The van der Waals surface area contributed by atoms with Crippen LogP contribution in [0.2, 0.25) is 0 Å². The Morgan fingerprint density at radius 3 is 2.71 bits per heavy atom. The van der Waals surface area contributed by atoms with E-state index < -0.39 is 23.1 Å². The Morgan fingerprint density at radius 1 is 1.29 bits per heavy atom. The Kier molecular flexibility index (Phi) is 5.12. The van der Waals surface area contributed by atoms with Gasteiger partial charge in [-0.15, -0.1) is 5.53 Å².